The molecule has 224 valence electrons. The average molecular weight is 608 g/mol. The molecule has 1 heterocycles. The molecular weight excluding hydrogens is 569 g/mol. The summed E-state index contributed by atoms with van der Waals surface area (Å²) in [5.74, 6) is 0. The van der Waals surface area contributed by atoms with Gasteiger partial charge in [0.2, 0.25) is 0 Å². The van der Waals surface area contributed by atoms with E-state index in [2.05, 4.69) is 138 Å². The highest BCUT2D eigenvalue weighted by Crippen LogP contribution is 2.48. The molecule has 0 atom stereocenters. The molecule has 8 rings (SSSR count). The maximum Gasteiger partial charge on any atom is 0.310 e. The standard InChI is InChI=1S/C41H38NO2P/c1-2-10-22-34(23-11-3-1)42(41(32-18-6-4-7-19-32)33-20-8-5-9-21-33)45-43-37-28-26-30-16-12-14-24-35(30)39(37)40-36-25-15-13-17-31(36)27-29-38(40)44-45/h4-9,12-21,24-29,34,41H,1-3,10-11,22-23H2. The lowest BCUT2D eigenvalue weighted by atomic mass is 9.93. The van der Waals surface area contributed by atoms with Crippen molar-refractivity contribution in [2.24, 2.45) is 0 Å². The average Bonchev–Trinajstić information content (AvgIpc) is 3.25. The number of hydrogen-bond donors (Lipinski definition) is 0. The fourth-order valence-corrected chi connectivity index (χ4v) is 9.18. The maximum absolute atomic E-state index is 7.28. The molecule has 0 spiro atoms. The Bertz CT molecular complexity index is 1980. The normalized spacial score (nSPS) is 14.8. The van der Waals surface area contributed by atoms with E-state index < -0.39 is 8.16 Å². The van der Waals surface area contributed by atoms with Crippen LogP contribution >= 0.6 is 8.16 Å². The van der Waals surface area contributed by atoms with Gasteiger partial charge in [-0.05, 0) is 57.6 Å². The fraction of sp³-hybridized carbons (Fsp3) is 0.220. The van der Waals surface area contributed by atoms with E-state index in [0.29, 0.717) is 6.04 Å². The molecule has 0 radical (unpaired) electrons. The molecule has 6 aromatic carbocycles. The van der Waals surface area contributed by atoms with Crippen LogP contribution in [0.3, 0.4) is 0 Å². The summed E-state index contributed by atoms with van der Waals surface area (Å²) in [6.45, 7) is 0. The molecule has 0 unspecified atom stereocenters. The van der Waals surface area contributed by atoms with E-state index in [0.717, 1.165) is 34.8 Å². The molecule has 4 heteroatoms. The van der Waals surface area contributed by atoms with Gasteiger partial charge in [-0.1, -0.05) is 153 Å². The Morgan fingerprint density at radius 2 is 0.933 bits per heavy atom. The molecular formula is C41H38NO2P. The third-order valence-electron chi connectivity index (χ3n) is 9.52. The van der Waals surface area contributed by atoms with E-state index in [4.69, 9.17) is 8.39 Å². The summed E-state index contributed by atoms with van der Waals surface area (Å²) < 4.78 is 17.2. The van der Waals surface area contributed by atoms with E-state index in [1.165, 1.54) is 64.8 Å². The van der Waals surface area contributed by atoms with Crippen molar-refractivity contribution in [2.45, 2.75) is 57.0 Å². The van der Waals surface area contributed by atoms with Crippen LogP contribution in [-0.4, -0.2) is 6.04 Å². The first-order chi connectivity index (χ1) is 22.3. The van der Waals surface area contributed by atoms with Gasteiger partial charge in [0.05, 0.1) is 6.04 Å². The van der Waals surface area contributed by atoms with Gasteiger partial charge >= 0.3 is 8.16 Å². The second-order valence-electron chi connectivity index (χ2n) is 12.3. The highest BCUT2D eigenvalue weighted by Gasteiger charge is 2.34. The Morgan fingerprint density at radius 1 is 0.489 bits per heavy atom. The molecule has 0 aliphatic heterocycles. The van der Waals surface area contributed by atoms with E-state index in [1.807, 2.05) is 0 Å². The highest BCUT2D eigenvalue weighted by atomic mass is 31.1. The monoisotopic (exact) mass is 607 g/mol. The van der Waals surface area contributed by atoms with Gasteiger partial charge in [-0.25, -0.2) is 0 Å². The van der Waals surface area contributed by atoms with Gasteiger partial charge in [-0.3, -0.25) is 0 Å². The molecule has 7 aromatic rings. The molecule has 0 saturated heterocycles. The van der Waals surface area contributed by atoms with Crippen LogP contribution < -0.4 is 4.67 Å². The molecule has 3 nitrogen and oxygen atoms in total. The zero-order valence-electron chi connectivity index (χ0n) is 25.5. The summed E-state index contributed by atoms with van der Waals surface area (Å²) in [7, 11) is -1.54. The summed E-state index contributed by atoms with van der Waals surface area (Å²) in [4.78, 5) is 0. The van der Waals surface area contributed by atoms with E-state index in [-0.39, 0.29) is 6.04 Å². The minimum Gasteiger partial charge on any atom is -0.408 e. The number of rotatable bonds is 5. The Labute approximate surface area is 265 Å². The minimum atomic E-state index is -1.54. The van der Waals surface area contributed by atoms with Crippen LogP contribution in [0.25, 0.3) is 43.5 Å². The molecule has 0 N–H and O–H groups in total. The Kier molecular flexibility index (Phi) is 7.89. The van der Waals surface area contributed by atoms with Gasteiger partial charge < -0.3 is 8.39 Å². The summed E-state index contributed by atoms with van der Waals surface area (Å²) in [6, 6.07) is 48.3. The summed E-state index contributed by atoms with van der Waals surface area (Å²) in [5.41, 5.74) is 4.32. The van der Waals surface area contributed by atoms with E-state index in [9.17, 15) is 0 Å². The van der Waals surface area contributed by atoms with Crippen molar-refractivity contribution in [3.63, 3.8) is 0 Å². The second kappa shape index (κ2) is 12.6. The Hall–Kier alpha value is -4.30. The highest BCUT2D eigenvalue weighted by molar-refractivity contribution is 7.39. The predicted octanol–water partition coefficient (Wildman–Crippen LogP) is 12.4. The predicted molar refractivity (Wildman–Crippen MR) is 190 cm³/mol. The lowest BCUT2D eigenvalue weighted by Gasteiger charge is -2.36. The number of fused-ring (bicyclic) bond motifs is 7. The van der Waals surface area contributed by atoms with Crippen LogP contribution in [0.2, 0.25) is 0 Å². The Morgan fingerprint density at radius 3 is 1.44 bits per heavy atom. The van der Waals surface area contributed by atoms with Crippen molar-refractivity contribution in [3.8, 4) is 0 Å². The van der Waals surface area contributed by atoms with Crippen LogP contribution in [0.15, 0.2) is 142 Å². The summed E-state index contributed by atoms with van der Waals surface area (Å²) in [6.07, 6.45) is 8.63. The van der Waals surface area contributed by atoms with Crippen molar-refractivity contribution in [3.05, 3.63) is 145 Å². The van der Waals surface area contributed by atoms with E-state index in [1.54, 1.807) is 0 Å². The molecule has 1 aliphatic rings. The van der Waals surface area contributed by atoms with Gasteiger partial charge in [-0.15, -0.1) is 0 Å². The van der Waals surface area contributed by atoms with Crippen molar-refractivity contribution >= 4 is 51.6 Å². The molecule has 0 bridgehead atoms. The lowest BCUT2D eigenvalue weighted by Crippen LogP contribution is -2.37. The molecule has 0 amide bonds. The van der Waals surface area contributed by atoms with Gasteiger partial charge in [0.15, 0.2) is 0 Å². The maximum atomic E-state index is 7.28. The topological polar surface area (TPSA) is 29.5 Å². The zero-order valence-corrected chi connectivity index (χ0v) is 26.4. The molecule has 1 saturated carbocycles. The van der Waals surface area contributed by atoms with Gasteiger partial charge in [-0.2, -0.15) is 4.67 Å². The fourth-order valence-electron chi connectivity index (χ4n) is 7.36. The number of hydrogen-bond acceptors (Lipinski definition) is 3. The first kappa shape index (κ1) is 28.2. The summed E-state index contributed by atoms with van der Waals surface area (Å²) >= 11 is 0. The van der Waals surface area contributed by atoms with E-state index >= 15 is 0 Å². The third-order valence-corrected chi connectivity index (χ3v) is 11.2. The summed E-state index contributed by atoms with van der Waals surface area (Å²) in [5, 5.41) is 7.03. The SMILES string of the molecule is c1ccc(C(c2ccccc2)N(C2CCCCCCC2)p2oc3ccc4ccccc4c3c3c(ccc4ccccc43)o2)cc1. The smallest absolute Gasteiger partial charge is 0.310 e. The van der Waals surface area contributed by atoms with Gasteiger partial charge in [0.1, 0.15) is 11.2 Å². The molecule has 1 aliphatic carbocycles. The van der Waals surface area contributed by atoms with Crippen molar-refractivity contribution in [1.82, 2.24) is 0 Å². The number of nitrogens with zero attached hydrogens (tertiary/aromatic N) is 1. The zero-order chi connectivity index (χ0) is 30.0. The van der Waals surface area contributed by atoms with Crippen LogP contribution in [-0.2, 0) is 0 Å². The lowest BCUT2D eigenvalue weighted by molar-refractivity contribution is 0.420. The second-order valence-corrected chi connectivity index (χ2v) is 13.6. The number of benzene rings is 6. The first-order valence-corrected chi connectivity index (χ1v) is 17.6. The van der Waals surface area contributed by atoms with Gasteiger partial charge in [0, 0.05) is 16.8 Å². The third kappa shape index (κ3) is 5.46. The van der Waals surface area contributed by atoms with Crippen molar-refractivity contribution in [1.29, 1.82) is 0 Å². The Balaban J connectivity index is 1.48. The quantitative estimate of drug-likeness (QED) is 0.195. The van der Waals surface area contributed by atoms with Crippen LogP contribution in [0.1, 0.15) is 62.1 Å². The van der Waals surface area contributed by atoms with Crippen LogP contribution in [0, 0.1) is 0 Å². The van der Waals surface area contributed by atoms with Crippen LogP contribution in [0.5, 0.6) is 0 Å². The van der Waals surface area contributed by atoms with Gasteiger partial charge in [0.25, 0.3) is 0 Å². The first-order valence-electron chi connectivity index (χ1n) is 16.4. The largest absolute Gasteiger partial charge is 0.408 e. The molecule has 1 fully saturated rings. The molecule has 1 aromatic heterocycles. The molecule has 45 heavy (non-hydrogen) atoms. The van der Waals surface area contributed by atoms with Crippen molar-refractivity contribution in [2.75, 3.05) is 4.67 Å². The van der Waals surface area contributed by atoms with Crippen LogP contribution in [0.4, 0.5) is 0 Å². The van der Waals surface area contributed by atoms with Crippen molar-refractivity contribution < 1.29 is 8.39 Å². The minimum absolute atomic E-state index is 0.00569.